The Balaban J connectivity index is 1.97. The Morgan fingerprint density at radius 2 is 1.77 bits per heavy atom. The van der Waals surface area contributed by atoms with Crippen LogP contribution < -0.4 is 10.1 Å². The Bertz CT molecular complexity index is 999. The van der Waals surface area contributed by atoms with Crippen LogP contribution in [-0.4, -0.2) is 43.6 Å². The van der Waals surface area contributed by atoms with Gasteiger partial charge in [-0.05, 0) is 54.3 Å². The number of imide groups is 1. The van der Waals surface area contributed by atoms with Crippen molar-refractivity contribution in [3.8, 4) is 5.75 Å². The Morgan fingerprint density at radius 1 is 1.06 bits per heavy atom. The number of amides is 2. The molecule has 0 unspecified atom stereocenters. The molecule has 3 rings (SSSR count). The molecule has 0 bridgehead atoms. The van der Waals surface area contributed by atoms with Crippen molar-refractivity contribution in [3.05, 3.63) is 64.3 Å². The van der Waals surface area contributed by atoms with Crippen LogP contribution in [0.2, 0.25) is 5.02 Å². The maximum Gasteiger partial charge on any atom is 0.278 e. The lowest BCUT2D eigenvalue weighted by molar-refractivity contribution is -0.137. The first-order valence-corrected chi connectivity index (χ1v) is 10.6. The third kappa shape index (κ3) is 5.27. The molecule has 1 N–H and O–H groups in total. The fourth-order valence-electron chi connectivity index (χ4n) is 3.23. The number of carbonyl (C=O) groups is 2. The molecule has 1 heterocycles. The molecule has 31 heavy (non-hydrogen) atoms. The number of hydrogen-bond donors (Lipinski definition) is 1. The van der Waals surface area contributed by atoms with Crippen LogP contribution in [0.5, 0.6) is 5.75 Å². The molecule has 7 heteroatoms. The predicted molar refractivity (Wildman–Crippen MR) is 122 cm³/mol. The number of nitrogens with one attached hydrogen (secondary N) is 1. The fraction of sp³-hybridized carbons (Fsp3) is 0.333. The second kappa shape index (κ2) is 9.98. The summed E-state index contributed by atoms with van der Waals surface area (Å²) in [6.45, 7) is 7.09. The quantitative estimate of drug-likeness (QED) is 0.578. The highest BCUT2D eigenvalue weighted by atomic mass is 35.5. The Morgan fingerprint density at radius 3 is 2.39 bits per heavy atom. The molecule has 1 aliphatic heterocycles. The van der Waals surface area contributed by atoms with Gasteiger partial charge >= 0.3 is 0 Å². The number of ether oxygens (including phenoxy) is 2. The normalized spacial score (nSPS) is 14.1. The maximum atomic E-state index is 13.2. The van der Waals surface area contributed by atoms with Crippen LogP contribution in [0, 0.1) is 12.8 Å². The Kier molecular flexibility index (Phi) is 7.36. The molecular formula is C24H27ClN2O4. The first kappa shape index (κ1) is 22.8. The third-order valence-corrected chi connectivity index (χ3v) is 5.10. The minimum absolute atomic E-state index is 0.179. The number of anilines is 1. The summed E-state index contributed by atoms with van der Waals surface area (Å²) in [5, 5.41) is 3.76. The van der Waals surface area contributed by atoms with Crippen molar-refractivity contribution < 1.29 is 19.1 Å². The zero-order valence-electron chi connectivity index (χ0n) is 18.2. The third-order valence-electron chi connectivity index (χ3n) is 4.86. The zero-order valence-corrected chi connectivity index (χ0v) is 19.0. The van der Waals surface area contributed by atoms with E-state index in [-0.39, 0.29) is 30.7 Å². The summed E-state index contributed by atoms with van der Waals surface area (Å²) in [6.07, 6.45) is 0. The van der Waals surface area contributed by atoms with E-state index >= 15 is 0 Å². The van der Waals surface area contributed by atoms with E-state index in [2.05, 4.69) is 19.2 Å². The van der Waals surface area contributed by atoms with Gasteiger partial charge in [-0.1, -0.05) is 37.6 Å². The van der Waals surface area contributed by atoms with E-state index in [4.69, 9.17) is 21.1 Å². The zero-order chi connectivity index (χ0) is 22.5. The van der Waals surface area contributed by atoms with Crippen molar-refractivity contribution in [3.63, 3.8) is 0 Å². The lowest BCUT2D eigenvalue weighted by Gasteiger charge is -2.15. The van der Waals surface area contributed by atoms with Gasteiger partial charge in [-0.3, -0.25) is 14.5 Å². The number of methoxy groups -OCH3 is 1. The highest BCUT2D eigenvalue weighted by molar-refractivity contribution is 6.36. The van der Waals surface area contributed by atoms with Crippen molar-refractivity contribution in [1.82, 2.24) is 4.90 Å². The molecule has 2 aromatic rings. The number of halogens is 1. The predicted octanol–water partition coefficient (Wildman–Crippen LogP) is 4.52. The molecule has 0 aromatic heterocycles. The van der Waals surface area contributed by atoms with E-state index in [9.17, 15) is 9.59 Å². The van der Waals surface area contributed by atoms with Crippen molar-refractivity contribution in [2.45, 2.75) is 20.8 Å². The second-order valence-electron chi connectivity index (χ2n) is 7.82. The molecule has 0 aliphatic carbocycles. The van der Waals surface area contributed by atoms with Crippen LogP contribution in [-0.2, 0) is 14.3 Å². The summed E-state index contributed by atoms with van der Waals surface area (Å²) in [6, 6.07) is 12.5. The maximum absolute atomic E-state index is 13.2. The molecule has 0 saturated carbocycles. The Hall–Kier alpha value is -2.83. The standard InChI is InChI=1S/C24H27ClN2O4/c1-15(2)14-31-19-8-5-17(6-9-19)21-22(24(29)27(23(21)28)11-12-30-4)26-20-10-7-18(25)13-16(20)3/h5-10,13,15,26H,11-12,14H2,1-4H3. The second-order valence-corrected chi connectivity index (χ2v) is 8.25. The minimum atomic E-state index is -0.383. The molecule has 0 saturated heterocycles. The molecule has 0 radical (unpaired) electrons. The first-order valence-electron chi connectivity index (χ1n) is 10.2. The van der Waals surface area contributed by atoms with Crippen LogP contribution in [0.1, 0.15) is 25.0 Å². The summed E-state index contributed by atoms with van der Waals surface area (Å²) in [5.41, 5.74) is 2.79. The number of rotatable bonds is 9. The van der Waals surface area contributed by atoms with Crippen molar-refractivity contribution in [2.24, 2.45) is 5.92 Å². The highest BCUT2D eigenvalue weighted by Crippen LogP contribution is 2.32. The molecule has 1 aliphatic rings. The molecule has 2 amide bonds. The van der Waals surface area contributed by atoms with Gasteiger partial charge in [0.1, 0.15) is 11.4 Å². The van der Waals surface area contributed by atoms with Gasteiger partial charge < -0.3 is 14.8 Å². The van der Waals surface area contributed by atoms with Gasteiger partial charge in [0.25, 0.3) is 11.8 Å². The van der Waals surface area contributed by atoms with Crippen LogP contribution >= 0.6 is 11.6 Å². The average Bonchev–Trinajstić information content (AvgIpc) is 2.96. The molecule has 0 fully saturated rings. The van der Waals surface area contributed by atoms with E-state index in [0.29, 0.717) is 40.1 Å². The highest BCUT2D eigenvalue weighted by Gasteiger charge is 2.39. The molecule has 2 aromatic carbocycles. The van der Waals surface area contributed by atoms with E-state index in [1.165, 1.54) is 12.0 Å². The molecule has 164 valence electrons. The van der Waals surface area contributed by atoms with Gasteiger partial charge in [0, 0.05) is 17.8 Å². The molecule has 0 spiro atoms. The number of carbonyl (C=O) groups excluding carboxylic acids is 2. The summed E-state index contributed by atoms with van der Waals surface area (Å²) < 4.78 is 10.8. The van der Waals surface area contributed by atoms with Gasteiger partial charge in [-0.25, -0.2) is 0 Å². The SMILES string of the molecule is COCCN1C(=O)C(Nc2ccc(Cl)cc2C)=C(c2ccc(OCC(C)C)cc2)C1=O. The summed E-state index contributed by atoms with van der Waals surface area (Å²) in [7, 11) is 1.53. The molecule has 0 atom stereocenters. The van der Waals surface area contributed by atoms with Gasteiger partial charge in [0.2, 0.25) is 0 Å². The van der Waals surface area contributed by atoms with Gasteiger partial charge in [0.05, 0.1) is 25.3 Å². The summed E-state index contributed by atoms with van der Waals surface area (Å²) in [5.74, 6) is 0.386. The van der Waals surface area contributed by atoms with Crippen LogP contribution in [0.25, 0.3) is 5.57 Å². The van der Waals surface area contributed by atoms with Crippen molar-refractivity contribution >= 4 is 34.7 Å². The van der Waals surface area contributed by atoms with E-state index in [1.807, 2.05) is 19.1 Å². The van der Waals surface area contributed by atoms with Gasteiger partial charge in [-0.15, -0.1) is 0 Å². The van der Waals surface area contributed by atoms with Crippen LogP contribution in [0.4, 0.5) is 5.69 Å². The number of aryl methyl sites for hydroxylation is 1. The minimum Gasteiger partial charge on any atom is -0.493 e. The lowest BCUT2D eigenvalue weighted by atomic mass is 10.0. The average molecular weight is 443 g/mol. The summed E-state index contributed by atoms with van der Waals surface area (Å²) >= 11 is 6.06. The van der Waals surface area contributed by atoms with Crippen LogP contribution in [0.3, 0.4) is 0 Å². The fourth-order valence-corrected chi connectivity index (χ4v) is 3.45. The number of benzene rings is 2. The molecular weight excluding hydrogens is 416 g/mol. The number of nitrogens with zero attached hydrogens (tertiary/aromatic N) is 1. The van der Waals surface area contributed by atoms with E-state index in [0.717, 1.165) is 5.56 Å². The smallest absolute Gasteiger partial charge is 0.278 e. The van der Waals surface area contributed by atoms with E-state index < -0.39 is 0 Å². The van der Waals surface area contributed by atoms with Crippen molar-refractivity contribution in [2.75, 3.05) is 32.2 Å². The Labute approximate surface area is 187 Å². The largest absolute Gasteiger partial charge is 0.493 e. The number of hydrogen-bond acceptors (Lipinski definition) is 5. The molecule has 6 nitrogen and oxygen atoms in total. The van der Waals surface area contributed by atoms with Gasteiger partial charge in [-0.2, -0.15) is 0 Å². The van der Waals surface area contributed by atoms with Crippen molar-refractivity contribution in [1.29, 1.82) is 0 Å². The van der Waals surface area contributed by atoms with Gasteiger partial charge in [0.15, 0.2) is 0 Å². The van der Waals surface area contributed by atoms with Crippen LogP contribution in [0.15, 0.2) is 48.2 Å². The van der Waals surface area contributed by atoms with E-state index in [1.54, 1.807) is 30.3 Å². The lowest BCUT2D eigenvalue weighted by Crippen LogP contribution is -2.35. The monoisotopic (exact) mass is 442 g/mol. The summed E-state index contributed by atoms with van der Waals surface area (Å²) in [4.78, 5) is 27.5. The topological polar surface area (TPSA) is 67.9 Å². The first-order chi connectivity index (χ1) is 14.8.